The van der Waals surface area contributed by atoms with Crippen molar-refractivity contribution in [2.75, 3.05) is 33.2 Å². The molecule has 1 aliphatic heterocycles. The summed E-state index contributed by atoms with van der Waals surface area (Å²) in [5.41, 5.74) is -1.20. The van der Waals surface area contributed by atoms with Crippen molar-refractivity contribution in [3.63, 3.8) is 0 Å². The smallest absolute Gasteiger partial charge is 0.328 e. The average Bonchev–Trinajstić information content (AvgIpc) is 2.36. The summed E-state index contributed by atoms with van der Waals surface area (Å²) in [4.78, 5) is 27.4. The molecule has 0 saturated carbocycles. The maximum Gasteiger partial charge on any atom is 0.328 e. The second-order valence-corrected chi connectivity index (χ2v) is 6.21. The minimum absolute atomic E-state index is 0.196. The van der Waals surface area contributed by atoms with Crippen LogP contribution < -0.4 is 5.32 Å². The third-order valence-electron chi connectivity index (χ3n) is 3.94. The molecule has 1 fully saturated rings. The van der Waals surface area contributed by atoms with E-state index in [4.69, 9.17) is 5.11 Å². The van der Waals surface area contributed by atoms with Gasteiger partial charge in [0.2, 0.25) is 5.91 Å². The molecular weight excluding hydrogens is 258 g/mol. The first-order valence-corrected chi connectivity index (χ1v) is 7.19. The summed E-state index contributed by atoms with van der Waals surface area (Å²) in [6, 6.07) is 0.349. The summed E-state index contributed by atoms with van der Waals surface area (Å²) in [6.07, 6.45) is 1.12. The Balaban J connectivity index is 2.32. The Labute approximate surface area is 121 Å². The number of amides is 1. The van der Waals surface area contributed by atoms with E-state index in [1.54, 1.807) is 0 Å². The first kappa shape index (κ1) is 16.9. The van der Waals surface area contributed by atoms with E-state index in [0.29, 0.717) is 12.5 Å². The minimum atomic E-state index is -1.20. The molecule has 6 nitrogen and oxygen atoms in total. The summed E-state index contributed by atoms with van der Waals surface area (Å²) in [7, 11) is 2.11. The molecule has 1 rings (SSSR count). The van der Waals surface area contributed by atoms with Crippen molar-refractivity contribution in [2.24, 2.45) is 0 Å². The van der Waals surface area contributed by atoms with E-state index in [1.165, 1.54) is 13.8 Å². The molecule has 0 aliphatic carbocycles. The molecule has 1 heterocycles. The number of likely N-dealkylation sites (N-methyl/N-ethyl adjacent to an activating group) is 1. The van der Waals surface area contributed by atoms with Gasteiger partial charge in [0, 0.05) is 38.6 Å². The highest BCUT2D eigenvalue weighted by Crippen LogP contribution is 2.11. The predicted octanol–water partition coefficient (Wildman–Crippen LogP) is 0.382. The maximum absolute atomic E-state index is 11.8. The lowest BCUT2D eigenvalue weighted by atomic mass is 10.0. The number of carboxylic acids is 1. The van der Waals surface area contributed by atoms with Gasteiger partial charge < -0.3 is 15.3 Å². The van der Waals surface area contributed by atoms with E-state index in [-0.39, 0.29) is 5.91 Å². The highest BCUT2D eigenvalue weighted by atomic mass is 16.4. The third-order valence-corrected chi connectivity index (χ3v) is 3.94. The van der Waals surface area contributed by atoms with Crippen LogP contribution in [0.1, 0.15) is 33.6 Å². The van der Waals surface area contributed by atoms with Crippen LogP contribution >= 0.6 is 0 Å². The number of rotatable bonds is 6. The number of nitrogens with one attached hydrogen (secondary N) is 1. The van der Waals surface area contributed by atoms with Gasteiger partial charge in [-0.1, -0.05) is 0 Å². The molecule has 1 unspecified atom stereocenters. The average molecular weight is 285 g/mol. The van der Waals surface area contributed by atoms with Crippen molar-refractivity contribution >= 4 is 11.9 Å². The number of piperazine rings is 1. The minimum Gasteiger partial charge on any atom is -0.480 e. The number of carbonyl (C=O) groups excluding carboxylic acids is 1. The van der Waals surface area contributed by atoms with Crippen LogP contribution in [0.5, 0.6) is 0 Å². The van der Waals surface area contributed by atoms with Gasteiger partial charge in [-0.05, 0) is 34.2 Å². The van der Waals surface area contributed by atoms with Crippen molar-refractivity contribution in [3.8, 4) is 0 Å². The summed E-state index contributed by atoms with van der Waals surface area (Å²) in [5.74, 6) is -1.21. The van der Waals surface area contributed by atoms with Crippen LogP contribution in [0.25, 0.3) is 0 Å². The molecule has 1 amide bonds. The quantitative estimate of drug-likeness (QED) is 0.738. The Bertz CT molecular complexity index is 350. The normalized spacial score (nSPS) is 19.6. The first-order valence-electron chi connectivity index (χ1n) is 7.19. The topological polar surface area (TPSA) is 72.9 Å². The highest BCUT2D eigenvalue weighted by Gasteiger charge is 2.29. The van der Waals surface area contributed by atoms with Gasteiger partial charge in [-0.15, -0.1) is 0 Å². The molecule has 116 valence electrons. The van der Waals surface area contributed by atoms with Crippen LogP contribution in [0.3, 0.4) is 0 Å². The molecule has 0 aromatic heterocycles. The van der Waals surface area contributed by atoms with Crippen LogP contribution in [-0.4, -0.2) is 71.6 Å². The monoisotopic (exact) mass is 285 g/mol. The van der Waals surface area contributed by atoms with Gasteiger partial charge in [-0.3, -0.25) is 9.69 Å². The summed E-state index contributed by atoms with van der Waals surface area (Å²) >= 11 is 0. The van der Waals surface area contributed by atoms with Crippen molar-refractivity contribution in [2.45, 2.75) is 45.2 Å². The Morgan fingerprint density at radius 3 is 2.30 bits per heavy atom. The van der Waals surface area contributed by atoms with Crippen LogP contribution in [0.4, 0.5) is 0 Å². The molecule has 0 aromatic carbocycles. The van der Waals surface area contributed by atoms with Gasteiger partial charge in [0.15, 0.2) is 0 Å². The second kappa shape index (κ2) is 7.04. The Hall–Kier alpha value is -1.14. The first-order chi connectivity index (χ1) is 9.22. The second-order valence-electron chi connectivity index (χ2n) is 6.21. The Morgan fingerprint density at radius 1 is 1.25 bits per heavy atom. The molecule has 0 bridgehead atoms. The molecule has 2 N–H and O–H groups in total. The van der Waals surface area contributed by atoms with Gasteiger partial charge in [-0.25, -0.2) is 4.79 Å². The Morgan fingerprint density at radius 2 is 1.80 bits per heavy atom. The molecule has 1 saturated heterocycles. The number of aliphatic carboxylic acids is 1. The van der Waals surface area contributed by atoms with E-state index in [0.717, 1.165) is 32.6 Å². The number of hydrogen-bond donors (Lipinski definition) is 2. The number of carbonyl (C=O) groups is 2. The molecule has 1 atom stereocenters. The summed E-state index contributed by atoms with van der Waals surface area (Å²) in [5, 5.41) is 11.5. The van der Waals surface area contributed by atoms with E-state index in [1.807, 2.05) is 0 Å². The third kappa shape index (κ3) is 5.09. The summed E-state index contributed by atoms with van der Waals surface area (Å²) < 4.78 is 0. The largest absolute Gasteiger partial charge is 0.480 e. The van der Waals surface area contributed by atoms with Gasteiger partial charge in [-0.2, -0.15) is 0 Å². The lowest BCUT2D eigenvalue weighted by molar-refractivity contribution is -0.146. The standard InChI is InChI=1S/C14H27N3O3/c1-11(17-9-7-16(4)8-10-17)5-6-12(18)15-14(2,3)13(19)20/h11H,5-10H2,1-4H3,(H,15,18)(H,19,20). The van der Waals surface area contributed by atoms with E-state index in [2.05, 4.69) is 29.1 Å². The van der Waals surface area contributed by atoms with Gasteiger partial charge >= 0.3 is 5.97 Å². The SMILES string of the molecule is CC(CCC(=O)NC(C)(C)C(=O)O)N1CCN(C)CC1. The molecule has 1 aliphatic rings. The van der Waals surface area contributed by atoms with Crippen LogP contribution in [0, 0.1) is 0 Å². The van der Waals surface area contributed by atoms with E-state index in [9.17, 15) is 9.59 Å². The lowest BCUT2D eigenvalue weighted by Crippen LogP contribution is -2.50. The van der Waals surface area contributed by atoms with Crippen molar-refractivity contribution in [1.29, 1.82) is 0 Å². The molecule has 0 spiro atoms. The zero-order valence-electron chi connectivity index (χ0n) is 13.0. The molecule has 6 heteroatoms. The zero-order valence-corrected chi connectivity index (χ0v) is 13.0. The fourth-order valence-corrected chi connectivity index (χ4v) is 2.25. The molecule has 0 radical (unpaired) electrons. The van der Waals surface area contributed by atoms with Gasteiger partial charge in [0.25, 0.3) is 0 Å². The maximum atomic E-state index is 11.8. The van der Waals surface area contributed by atoms with Gasteiger partial charge in [0.1, 0.15) is 5.54 Å². The molecular formula is C14H27N3O3. The number of nitrogens with zero attached hydrogens (tertiary/aromatic N) is 2. The van der Waals surface area contributed by atoms with Crippen LogP contribution in [0.2, 0.25) is 0 Å². The highest BCUT2D eigenvalue weighted by molar-refractivity contribution is 5.86. The predicted molar refractivity (Wildman–Crippen MR) is 77.6 cm³/mol. The number of hydrogen-bond acceptors (Lipinski definition) is 4. The molecule has 20 heavy (non-hydrogen) atoms. The molecule has 0 aromatic rings. The van der Waals surface area contributed by atoms with Crippen LogP contribution in [0.15, 0.2) is 0 Å². The fraction of sp³-hybridized carbons (Fsp3) is 0.857. The van der Waals surface area contributed by atoms with Gasteiger partial charge in [0.05, 0.1) is 0 Å². The summed E-state index contributed by atoms with van der Waals surface area (Å²) in [6.45, 7) is 9.29. The lowest BCUT2D eigenvalue weighted by Gasteiger charge is -2.36. The van der Waals surface area contributed by atoms with Crippen molar-refractivity contribution < 1.29 is 14.7 Å². The van der Waals surface area contributed by atoms with Crippen molar-refractivity contribution in [1.82, 2.24) is 15.1 Å². The number of carboxylic acid groups (broad SMARTS) is 1. The van der Waals surface area contributed by atoms with E-state index < -0.39 is 11.5 Å². The Kier molecular flexibility index (Phi) is 5.95. The zero-order chi connectivity index (χ0) is 15.3. The fourth-order valence-electron chi connectivity index (χ4n) is 2.25. The van der Waals surface area contributed by atoms with Crippen molar-refractivity contribution in [3.05, 3.63) is 0 Å². The van der Waals surface area contributed by atoms with Crippen LogP contribution in [-0.2, 0) is 9.59 Å². The van der Waals surface area contributed by atoms with E-state index >= 15 is 0 Å².